The van der Waals surface area contributed by atoms with E-state index in [4.69, 9.17) is 5.26 Å². The zero-order valence-electron chi connectivity index (χ0n) is 15.0. The minimum atomic E-state index is 0.106. The second-order valence-corrected chi connectivity index (χ2v) is 6.65. The van der Waals surface area contributed by atoms with Crippen molar-refractivity contribution in [3.8, 4) is 6.07 Å². The third-order valence-corrected chi connectivity index (χ3v) is 4.93. The van der Waals surface area contributed by atoms with Gasteiger partial charge in [0, 0.05) is 26.2 Å². The van der Waals surface area contributed by atoms with E-state index in [0.29, 0.717) is 0 Å². The molecule has 1 aliphatic rings. The van der Waals surface area contributed by atoms with Gasteiger partial charge in [0.15, 0.2) is 0 Å². The van der Waals surface area contributed by atoms with Gasteiger partial charge in [-0.25, -0.2) is 15.0 Å². The summed E-state index contributed by atoms with van der Waals surface area (Å²) in [5, 5.41) is 12.5. The highest BCUT2D eigenvalue weighted by atomic mass is 15.2. The molecule has 132 valence electrons. The molecule has 0 bridgehead atoms. The van der Waals surface area contributed by atoms with E-state index in [9.17, 15) is 0 Å². The Hall–Kier alpha value is -3.14. The summed E-state index contributed by atoms with van der Waals surface area (Å²) < 4.78 is 1.98. The number of nitrogens with zero attached hydrogens (tertiary/aromatic N) is 6. The van der Waals surface area contributed by atoms with Crippen molar-refractivity contribution in [2.24, 2.45) is 13.0 Å². The van der Waals surface area contributed by atoms with Gasteiger partial charge >= 0.3 is 0 Å². The first-order valence-corrected chi connectivity index (χ1v) is 8.85. The molecule has 0 spiro atoms. The maximum atomic E-state index is 9.10. The van der Waals surface area contributed by atoms with Gasteiger partial charge in [-0.15, -0.1) is 0 Å². The Morgan fingerprint density at radius 2 is 2.15 bits per heavy atom. The van der Waals surface area contributed by atoms with Crippen LogP contribution in [-0.4, -0.2) is 32.6 Å². The van der Waals surface area contributed by atoms with Crippen LogP contribution in [0.15, 0.2) is 30.9 Å². The highest BCUT2D eigenvalue weighted by molar-refractivity contribution is 5.78. The number of pyridine rings is 2. The summed E-state index contributed by atoms with van der Waals surface area (Å²) in [5.41, 5.74) is 4.05. The third kappa shape index (κ3) is 2.94. The summed E-state index contributed by atoms with van der Waals surface area (Å²) in [5.74, 6) is 1.82. The van der Waals surface area contributed by atoms with Crippen LogP contribution in [0.3, 0.4) is 0 Å². The van der Waals surface area contributed by atoms with Crippen molar-refractivity contribution in [3.63, 3.8) is 0 Å². The number of anilines is 3. The van der Waals surface area contributed by atoms with E-state index in [1.165, 1.54) is 5.56 Å². The number of imidazole rings is 1. The third-order valence-electron chi connectivity index (χ3n) is 4.93. The Balaban J connectivity index is 1.59. The van der Waals surface area contributed by atoms with E-state index in [-0.39, 0.29) is 5.92 Å². The predicted octanol–water partition coefficient (Wildman–Crippen LogP) is 3.02. The Labute approximate surface area is 152 Å². The Kier molecular flexibility index (Phi) is 4.17. The number of nitriles is 1. The van der Waals surface area contributed by atoms with Gasteiger partial charge in [0.2, 0.25) is 0 Å². The van der Waals surface area contributed by atoms with E-state index >= 15 is 0 Å². The average Bonchev–Trinajstić information content (AvgIpc) is 3.29. The van der Waals surface area contributed by atoms with Crippen LogP contribution >= 0.6 is 0 Å². The molecular formula is C19H21N7. The molecule has 0 amide bonds. The first kappa shape index (κ1) is 16.3. The lowest BCUT2D eigenvalue weighted by molar-refractivity contribution is 0.754. The highest BCUT2D eigenvalue weighted by Gasteiger charge is 2.23. The molecule has 0 aromatic carbocycles. The van der Waals surface area contributed by atoms with Gasteiger partial charge in [-0.3, -0.25) is 0 Å². The lowest BCUT2D eigenvalue weighted by Crippen LogP contribution is -2.20. The van der Waals surface area contributed by atoms with Gasteiger partial charge in [0.05, 0.1) is 41.9 Å². The van der Waals surface area contributed by atoms with Gasteiger partial charge < -0.3 is 14.8 Å². The number of aryl methyl sites for hydroxylation is 2. The lowest BCUT2D eigenvalue weighted by Gasteiger charge is -2.19. The standard InChI is InChI=1S/C19H21N7/c1-3-14-6-19(26-5-4-13(8-20)11-26)22-9-15(14)24-18-7-17-16(10-21-18)23-12-25(17)2/h6-7,9-10,12-13H,3-5,11H2,1-2H3,(H,21,24). The topological polar surface area (TPSA) is 82.7 Å². The van der Waals surface area contributed by atoms with Crippen molar-refractivity contribution >= 4 is 28.4 Å². The maximum absolute atomic E-state index is 9.10. The van der Waals surface area contributed by atoms with Gasteiger partial charge in [0.1, 0.15) is 17.2 Å². The number of fused-ring (bicyclic) bond motifs is 1. The van der Waals surface area contributed by atoms with E-state index in [1.54, 1.807) is 12.5 Å². The molecule has 7 heteroatoms. The van der Waals surface area contributed by atoms with Crippen LogP contribution in [0.1, 0.15) is 18.9 Å². The number of nitrogens with one attached hydrogen (secondary N) is 1. The Morgan fingerprint density at radius 3 is 2.92 bits per heavy atom. The molecule has 1 atom stereocenters. The molecule has 7 nitrogen and oxygen atoms in total. The van der Waals surface area contributed by atoms with Crippen LogP contribution in [0.5, 0.6) is 0 Å². The normalized spacial score (nSPS) is 16.8. The smallest absolute Gasteiger partial charge is 0.132 e. The Bertz CT molecular complexity index is 985. The van der Waals surface area contributed by atoms with Crippen LogP contribution in [0.4, 0.5) is 17.3 Å². The molecule has 26 heavy (non-hydrogen) atoms. The molecule has 1 fully saturated rings. The fourth-order valence-corrected chi connectivity index (χ4v) is 3.37. The molecule has 4 heterocycles. The summed E-state index contributed by atoms with van der Waals surface area (Å²) in [6, 6.07) is 6.47. The first-order chi connectivity index (χ1) is 12.7. The van der Waals surface area contributed by atoms with E-state index < -0.39 is 0 Å². The second-order valence-electron chi connectivity index (χ2n) is 6.65. The molecule has 1 aliphatic heterocycles. The fourth-order valence-electron chi connectivity index (χ4n) is 3.37. The second kappa shape index (κ2) is 6.64. The summed E-state index contributed by atoms with van der Waals surface area (Å²) in [6.07, 6.45) is 7.23. The molecule has 3 aromatic rings. The van der Waals surface area contributed by atoms with Gasteiger partial charge in [-0.2, -0.15) is 5.26 Å². The molecule has 1 unspecified atom stereocenters. The molecule has 0 aliphatic carbocycles. The minimum Gasteiger partial charge on any atom is -0.355 e. The highest BCUT2D eigenvalue weighted by Crippen LogP contribution is 2.27. The predicted molar refractivity (Wildman–Crippen MR) is 101 cm³/mol. The number of hydrogen-bond acceptors (Lipinski definition) is 6. The lowest BCUT2D eigenvalue weighted by atomic mass is 10.1. The number of aromatic nitrogens is 4. The largest absolute Gasteiger partial charge is 0.355 e. The van der Waals surface area contributed by atoms with Crippen molar-refractivity contribution in [1.29, 1.82) is 5.26 Å². The summed E-state index contributed by atoms with van der Waals surface area (Å²) in [4.78, 5) is 15.6. The van der Waals surface area contributed by atoms with Crippen molar-refractivity contribution in [1.82, 2.24) is 19.5 Å². The van der Waals surface area contributed by atoms with Gasteiger partial charge in [-0.05, 0) is 24.5 Å². The van der Waals surface area contributed by atoms with Crippen LogP contribution in [0.25, 0.3) is 11.0 Å². The van der Waals surface area contributed by atoms with Crippen LogP contribution in [-0.2, 0) is 13.5 Å². The van der Waals surface area contributed by atoms with E-state index in [1.807, 2.05) is 23.9 Å². The maximum Gasteiger partial charge on any atom is 0.132 e. The molecule has 1 N–H and O–H groups in total. The van der Waals surface area contributed by atoms with Crippen molar-refractivity contribution in [2.75, 3.05) is 23.3 Å². The van der Waals surface area contributed by atoms with Crippen LogP contribution in [0, 0.1) is 17.2 Å². The fraction of sp³-hybridized carbons (Fsp3) is 0.368. The molecular weight excluding hydrogens is 326 g/mol. The van der Waals surface area contributed by atoms with Crippen LogP contribution in [0.2, 0.25) is 0 Å². The van der Waals surface area contributed by atoms with Gasteiger partial charge in [0.25, 0.3) is 0 Å². The van der Waals surface area contributed by atoms with Gasteiger partial charge in [-0.1, -0.05) is 6.92 Å². The van der Waals surface area contributed by atoms with E-state index in [0.717, 1.165) is 54.3 Å². The minimum absolute atomic E-state index is 0.106. The number of hydrogen-bond donors (Lipinski definition) is 1. The van der Waals surface area contributed by atoms with Crippen molar-refractivity contribution in [3.05, 3.63) is 36.4 Å². The molecule has 1 saturated heterocycles. The summed E-state index contributed by atoms with van der Waals surface area (Å²) in [7, 11) is 1.97. The van der Waals surface area contributed by atoms with Crippen molar-refractivity contribution in [2.45, 2.75) is 19.8 Å². The first-order valence-electron chi connectivity index (χ1n) is 8.85. The van der Waals surface area contributed by atoms with Crippen LogP contribution < -0.4 is 10.2 Å². The average molecular weight is 347 g/mol. The monoisotopic (exact) mass is 347 g/mol. The summed E-state index contributed by atoms with van der Waals surface area (Å²) in [6.45, 7) is 3.78. The molecule has 0 saturated carbocycles. The summed E-state index contributed by atoms with van der Waals surface area (Å²) >= 11 is 0. The van der Waals surface area contributed by atoms with Crippen molar-refractivity contribution < 1.29 is 0 Å². The Morgan fingerprint density at radius 1 is 1.27 bits per heavy atom. The SMILES string of the molecule is CCc1cc(N2CCC(C#N)C2)ncc1Nc1cc2c(cn1)ncn2C. The molecule has 0 radical (unpaired) electrons. The number of rotatable bonds is 4. The zero-order chi connectivity index (χ0) is 18.1. The molecule has 3 aromatic heterocycles. The zero-order valence-corrected chi connectivity index (χ0v) is 15.0. The quantitative estimate of drug-likeness (QED) is 0.781. The molecule has 4 rings (SSSR count). The van der Waals surface area contributed by atoms with E-state index in [2.05, 4.69) is 44.2 Å².